The molecule has 7 nitrogen and oxygen atoms in total. The van der Waals surface area contributed by atoms with Gasteiger partial charge in [-0.25, -0.2) is 4.39 Å². The summed E-state index contributed by atoms with van der Waals surface area (Å²) in [5, 5.41) is 5.35. The monoisotopic (exact) mass is 502 g/mol. The van der Waals surface area contributed by atoms with Crippen LogP contribution in [0.25, 0.3) is 10.9 Å². The van der Waals surface area contributed by atoms with Crippen LogP contribution in [0.3, 0.4) is 0 Å². The lowest BCUT2D eigenvalue weighted by Gasteiger charge is -2.18. The number of aromatic nitrogens is 2. The third kappa shape index (κ3) is 4.06. The van der Waals surface area contributed by atoms with Crippen molar-refractivity contribution in [1.82, 2.24) is 9.78 Å². The minimum absolute atomic E-state index is 0.0461. The summed E-state index contributed by atoms with van der Waals surface area (Å²) >= 11 is 0. The highest BCUT2D eigenvalue weighted by molar-refractivity contribution is 5.84. The molecule has 2 atom stereocenters. The third-order valence-electron chi connectivity index (χ3n) is 7.39. The quantitative estimate of drug-likeness (QED) is 0.305. The van der Waals surface area contributed by atoms with Gasteiger partial charge in [0.15, 0.2) is 0 Å². The fraction of sp³-hybridized carbons (Fsp3) is 0.310. The van der Waals surface area contributed by atoms with Gasteiger partial charge in [-0.2, -0.15) is 5.10 Å². The molecule has 3 aromatic carbocycles. The lowest BCUT2D eigenvalue weighted by Crippen LogP contribution is -2.09. The molecule has 1 aliphatic carbocycles. The zero-order valence-corrected chi connectivity index (χ0v) is 20.9. The minimum atomic E-state index is -0.439. The van der Waals surface area contributed by atoms with Crippen LogP contribution >= 0.6 is 0 Å². The number of benzene rings is 3. The molecule has 0 amide bonds. The van der Waals surface area contributed by atoms with Gasteiger partial charge >= 0.3 is 5.97 Å². The fourth-order valence-electron chi connectivity index (χ4n) is 5.38. The lowest BCUT2D eigenvalue weighted by molar-refractivity contribution is -0.141. The standard InChI is InChI=1S/C29H27FN2O5/c1-16-21-14-31-32(2)23(21)8-11-24(16)37-25-10-7-22(30)29-20(25)6-9-26(29)36-18-4-5-19-17(12-28(33)34-3)15-35-27(19)13-18/h4-5,7-8,10-11,13-14,17,26H,6,9,12,15H2,1-3H3. The number of halogens is 1. The average Bonchev–Trinajstić information content (AvgIpc) is 3.60. The predicted octanol–water partition coefficient (Wildman–Crippen LogP) is 5.92. The molecule has 1 aromatic heterocycles. The highest BCUT2D eigenvalue weighted by atomic mass is 19.1. The Bertz CT molecular complexity index is 1530. The molecule has 2 aliphatic rings. The number of carbonyl (C=O) groups excluding carboxylic acids is 1. The van der Waals surface area contributed by atoms with Gasteiger partial charge in [0.1, 0.15) is 34.9 Å². The molecule has 0 fully saturated rings. The van der Waals surface area contributed by atoms with Crippen LogP contribution in [0.15, 0.2) is 48.7 Å². The van der Waals surface area contributed by atoms with Gasteiger partial charge in [-0.1, -0.05) is 6.07 Å². The number of fused-ring (bicyclic) bond motifs is 3. The number of nitrogens with zero attached hydrogens (tertiary/aromatic N) is 2. The lowest BCUT2D eigenvalue weighted by atomic mass is 9.98. The second-order valence-electron chi connectivity index (χ2n) is 9.56. The van der Waals surface area contributed by atoms with Crippen molar-refractivity contribution in [3.05, 3.63) is 76.7 Å². The summed E-state index contributed by atoms with van der Waals surface area (Å²) in [6.45, 7) is 2.42. The summed E-state index contributed by atoms with van der Waals surface area (Å²) in [6, 6.07) is 12.6. The van der Waals surface area contributed by atoms with E-state index < -0.39 is 6.10 Å². The number of carbonyl (C=O) groups is 1. The van der Waals surface area contributed by atoms with Crippen molar-refractivity contribution >= 4 is 16.9 Å². The molecule has 1 aliphatic heterocycles. The second kappa shape index (κ2) is 9.10. The maximum Gasteiger partial charge on any atom is 0.306 e. The van der Waals surface area contributed by atoms with E-state index in [9.17, 15) is 4.79 Å². The molecule has 0 bridgehead atoms. The molecule has 4 aromatic rings. The smallest absolute Gasteiger partial charge is 0.306 e. The van der Waals surface area contributed by atoms with E-state index >= 15 is 4.39 Å². The Hall–Kier alpha value is -4.07. The molecule has 0 radical (unpaired) electrons. The van der Waals surface area contributed by atoms with Crippen LogP contribution in [0.4, 0.5) is 4.39 Å². The zero-order chi connectivity index (χ0) is 25.7. The van der Waals surface area contributed by atoms with Gasteiger partial charge in [0, 0.05) is 46.7 Å². The topological polar surface area (TPSA) is 71.8 Å². The second-order valence-corrected chi connectivity index (χ2v) is 9.56. The van der Waals surface area contributed by atoms with Crippen LogP contribution in [0, 0.1) is 12.7 Å². The van der Waals surface area contributed by atoms with E-state index in [0.717, 1.165) is 33.3 Å². The first-order valence-corrected chi connectivity index (χ1v) is 12.3. The number of rotatable bonds is 6. The van der Waals surface area contributed by atoms with E-state index in [-0.39, 0.29) is 24.1 Å². The summed E-state index contributed by atoms with van der Waals surface area (Å²) in [4.78, 5) is 11.7. The average molecular weight is 503 g/mol. The molecule has 190 valence electrons. The summed E-state index contributed by atoms with van der Waals surface area (Å²) in [5.74, 6) is 2.01. The highest BCUT2D eigenvalue weighted by Crippen LogP contribution is 2.45. The van der Waals surface area contributed by atoms with Gasteiger partial charge in [0.25, 0.3) is 0 Å². The van der Waals surface area contributed by atoms with Crippen LogP contribution in [0.2, 0.25) is 0 Å². The molecule has 2 heterocycles. The summed E-state index contributed by atoms with van der Waals surface area (Å²) in [5.41, 5.74) is 4.32. The van der Waals surface area contributed by atoms with Crippen molar-refractivity contribution in [3.63, 3.8) is 0 Å². The van der Waals surface area contributed by atoms with Crippen molar-refractivity contribution in [2.75, 3.05) is 13.7 Å². The Morgan fingerprint density at radius 1 is 1.19 bits per heavy atom. The van der Waals surface area contributed by atoms with Crippen LogP contribution in [0.5, 0.6) is 23.0 Å². The van der Waals surface area contributed by atoms with E-state index in [0.29, 0.717) is 42.3 Å². The number of aryl methyl sites for hydroxylation is 2. The molecule has 6 rings (SSSR count). The molecular weight excluding hydrogens is 475 g/mol. The minimum Gasteiger partial charge on any atom is -0.492 e. The van der Waals surface area contributed by atoms with Crippen molar-refractivity contribution in [3.8, 4) is 23.0 Å². The molecule has 2 unspecified atom stereocenters. The van der Waals surface area contributed by atoms with Gasteiger partial charge in [0.05, 0.1) is 31.9 Å². The van der Waals surface area contributed by atoms with Crippen molar-refractivity contribution in [2.24, 2.45) is 7.05 Å². The maximum absolute atomic E-state index is 15.1. The Morgan fingerprint density at radius 2 is 2.03 bits per heavy atom. The van der Waals surface area contributed by atoms with Crippen LogP contribution < -0.4 is 14.2 Å². The fourth-order valence-corrected chi connectivity index (χ4v) is 5.38. The van der Waals surface area contributed by atoms with Gasteiger partial charge in [0.2, 0.25) is 0 Å². The summed E-state index contributed by atoms with van der Waals surface area (Å²) in [7, 11) is 3.29. The van der Waals surface area contributed by atoms with E-state index in [2.05, 4.69) is 5.10 Å². The largest absolute Gasteiger partial charge is 0.492 e. The van der Waals surface area contributed by atoms with E-state index in [1.54, 1.807) is 6.07 Å². The van der Waals surface area contributed by atoms with Crippen LogP contribution in [0.1, 0.15) is 47.1 Å². The normalized spacial score (nSPS) is 17.8. The summed E-state index contributed by atoms with van der Waals surface area (Å²) < 4.78 is 40.0. The van der Waals surface area contributed by atoms with Gasteiger partial charge in [-0.3, -0.25) is 9.48 Å². The molecular formula is C29H27FN2O5. The first-order valence-electron chi connectivity index (χ1n) is 12.3. The Balaban J connectivity index is 1.24. The molecule has 8 heteroatoms. The number of methoxy groups -OCH3 is 1. The first-order chi connectivity index (χ1) is 17.9. The molecule has 0 spiro atoms. The van der Waals surface area contributed by atoms with Gasteiger partial charge in [-0.15, -0.1) is 0 Å². The van der Waals surface area contributed by atoms with E-state index in [1.807, 2.05) is 55.2 Å². The van der Waals surface area contributed by atoms with Crippen LogP contribution in [-0.4, -0.2) is 29.5 Å². The number of hydrogen-bond acceptors (Lipinski definition) is 6. The van der Waals surface area contributed by atoms with Crippen LogP contribution in [-0.2, 0) is 23.0 Å². The number of hydrogen-bond donors (Lipinski definition) is 0. The number of ether oxygens (including phenoxy) is 4. The molecule has 0 N–H and O–H groups in total. The first kappa shape index (κ1) is 23.3. The van der Waals surface area contributed by atoms with E-state index in [4.69, 9.17) is 18.9 Å². The zero-order valence-electron chi connectivity index (χ0n) is 20.9. The Morgan fingerprint density at radius 3 is 2.86 bits per heavy atom. The van der Waals surface area contributed by atoms with Gasteiger partial charge in [-0.05, 0) is 50.1 Å². The maximum atomic E-state index is 15.1. The molecule has 0 saturated carbocycles. The highest BCUT2D eigenvalue weighted by Gasteiger charge is 2.32. The third-order valence-corrected chi connectivity index (χ3v) is 7.39. The van der Waals surface area contributed by atoms with Crippen molar-refractivity contribution < 1.29 is 28.1 Å². The number of esters is 1. The van der Waals surface area contributed by atoms with Gasteiger partial charge < -0.3 is 18.9 Å². The molecule has 37 heavy (non-hydrogen) atoms. The SMILES string of the molecule is COC(=O)CC1COc2cc(OC3CCc4c(Oc5ccc6c(cnn6C)c5C)ccc(F)c43)ccc21. The van der Waals surface area contributed by atoms with Crippen molar-refractivity contribution in [2.45, 2.75) is 38.2 Å². The van der Waals surface area contributed by atoms with Crippen molar-refractivity contribution in [1.29, 1.82) is 0 Å². The molecule has 0 saturated heterocycles. The van der Waals surface area contributed by atoms with E-state index in [1.165, 1.54) is 13.2 Å². The Labute approximate surface area is 213 Å². The summed E-state index contributed by atoms with van der Waals surface area (Å²) in [6.07, 6.45) is 2.93. The predicted molar refractivity (Wildman–Crippen MR) is 135 cm³/mol. The Kier molecular flexibility index (Phi) is 5.74.